The predicted molar refractivity (Wildman–Crippen MR) is 112 cm³/mol. The van der Waals surface area contributed by atoms with E-state index in [1.165, 1.54) is 0 Å². The predicted octanol–water partition coefficient (Wildman–Crippen LogP) is 5.23. The van der Waals surface area contributed by atoms with Crippen LogP contribution in [0.4, 0.5) is 5.69 Å². The second-order valence-corrected chi connectivity index (χ2v) is 6.69. The first-order valence-electron chi connectivity index (χ1n) is 9.15. The number of hydrogen-bond donors (Lipinski definition) is 1. The number of furan rings is 1. The van der Waals surface area contributed by atoms with Crippen LogP contribution in [0.15, 0.2) is 77.2 Å². The fraction of sp³-hybridized carbons (Fsp3) is 0.0833. The minimum Gasteiger partial charge on any atom is -0.493 e. The van der Waals surface area contributed by atoms with Gasteiger partial charge in [-0.05, 0) is 31.2 Å². The Morgan fingerprint density at radius 3 is 2.48 bits per heavy atom. The lowest BCUT2D eigenvalue weighted by Gasteiger charge is -2.11. The van der Waals surface area contributed by atoms with Crippen molar-refractivity contribution in [3.05, 3.63) is 95.2 Å². The molecule has 0 saturated heterocycles. The summed E-state index contributed by atoms with van der Waals surface area (Å²) < 4.78 is 11.0. The summed E-state index contributed by atoms with van der Waals surface area (Å²) in [6, 6.07) is 21.4. The highest BCUT2D eigenvalue weighted by atomic mass is 16.5. The number of carbonyl (C=O) groups excluding carboxylic acids is 2. The van der Waals surface area contributed by atoms with E-state index in [0.717, 1.165) is 10.9 Å². The number of rotatable bonds is 5. The van der Waals surface area contributed by atoms with Gasteiger partial charge in [-0.2, -0.15) is 0 Å². The van der Waals surface area contributed by atoms with Gasteiger partial charge in [-0.15, -0.1) is 0 Å². The summed E-state index contributed by atoms with van der Waals surface area (Å²) >= 11 is 0. The maximum absolute atomic E-state index is 13.0. The molecule has 0 fully saturated rings. The van der Waals surface area contributed by atoms with Crippen LogP contribution in [0.5, 0.6) is 5.75 Å². The number of aryl methyl sites for hydroxylation is 1. The van der Waals surface area contributed by atoms with Crippen LogP contribution in [-0.2, 0) is 0 Å². The van der Waals surface area contributed by atoms with Gasteiger partial charge in [0, 0.05) is 16.5 Å². The van der Waals surface area contributed by atoms with Gasteiger partial charge in [-0.25, -0.2) is 0 Å². The molecule has 4 rings (SSSR count). The standard InChI is InChI=1S/C24H19NO4/c1-15-11-12-19(18(13-15)22(26)16-7-4-3-5-8-16)25-24(27)21-14-17-9-6-10-20(28-2)23(17)29-21/h3-14H,1-2H3,(H,25,27). The first kappa shape index (κ1) is 18.5. The highest BCUT2D eigenvalue weighted by Gasteiger charge is 2.19. The van der Waals surface area contributed by atoms with E-state index in [4.69, 9.17) is 9.15 Å². The van der Waals surface area contributed by atoms with E-state index in [-0.39, 0.29) is 11.5 Å². The Hall–Kier alpha value is -3.86. The van der Waals surface area contributed by atoms with Gasteiger partial charge in [0.25, 0.3) is 5.91 Å². The van der Waals surface area contributed by atoms with Crippen LogP contribution >= 0.6 is 0 Å². The molecule has 0 spiro atoms. The van der Waals surface area contributed by atoms with Crippen LogP contribution in [0.25, 0.3) is 11.0 Å². The molecule has 0 atom stereocenters. The number of para-hydroxylation sites is 1. The Morgan fingerprint density at radius 2 is 1.72 bits per heavy atom. The highest BCUT2D eigenvalue weighted by molar-refractivity contribution is 6.15. The molecule has 0 aliphatic rings. The van der Waals surface area contributed by atoms with Crippen LogP contribution < -0.4 is 10.1 Å². The SMILES string of the molecule is COc1cccc2cc(C(=O)Nc3ccc(C)cc3C(=O)c3ccccc3)oc12. The Bertz CT molecular complexity index is 1210. The summed E-state index contributed by atoms with van der Waals surface area (Å²) in [7, 11) is 1.55. The molecule has 1 N–H and O–H groups in total. The molecule has 5 nitrogen and oxygen atoms in total. The Kier molecular flexibility index (Phi) is 4.87. The second kappa shape index (κ2) is 7.64. The Labute approximate surface area is 167 Å². The summed E-state index contributed by atoms with van der Waals surface area (Å²) in [5.74, 6) is 0.102. The van der Waals surface area contributed by atoms with E-state index < -0.39 is 5.91 Å². The maximum Gasteiger partial charge on any atom is 0.291 e. The lowest BCUT2D eigenvalue weighted by molar-refractivity contribution is 0.0998. The van der Waals surface area contributed by atoms with Crippen molar-refractivity contribution in [3.8, 4) is 5.75 Å². The van der Waals surface area contributed by atoms with Gasteiger partial charge in [-0.3, -0.25) is 9.59 Å². The van der Waals surface area contributed by atoms with Crippen molar-refractivity contribution in [3.63, 3.8) is 0 Å². The molecular weight excluding hydrogens is 366 g/mol. The van der Waals surface area contributed by atoms with Gasteiger partial charge >= 0.3 is 0 Å². The zero-order valence-corrected chi connectivity index (χ0v) is 16.1. The lowest BCUT2D eigenvalue weighted by Crippen LogP contribution is -2.15. The Morgan fingerprint density at radius 1 is 0.931 bits per heavy atom. The number of ether oxygens (including phenoxy) is 1. The maximum atomic E-state index is 13.0. The monoisotopic (exact) mass is 385 g/mol. The number of hydrogen-bond acceptors (Lipinski definition) is 4. The zero-order chi connectivity index (χ0) is 20.4. The van der Waals surface area contributed by atoms with Crippen molar-refractivity contribution in [1.82, 2.24) is 0 Å². The lowest BCUT2D eigenvalue weighted by atomic mass is 9.99. The van der Waals surface area contributed by atoms with E-state index in [9.17, 15) is 9.59 Å². The van der Waals surface area contributed by atoms with Gasteiger partial charge in [0.1, 0.15) is 0 Å². The largest absolute Gasteiger partial charge is 0.493 e. The topological polar surface area (TPSA) is 68.5 Å². The smallest absolute Gasteiger partial charge is 0.291 e. The van der Waals surface area contributed by atoms with E-state index in [1.807, 2.05) is 43.3 Å². The number of fused-ring (bicyclic) bond motifs is 1. The Balaban J connectivity index is 1.68. The molecule has 0 bridgehead atoms. The molecule has 0 aliphatic carbocycles. The van der Waals surface area contributed by atoms with Gasteiger partial charge in [0.05, 0.1) is 12.8 Å². The van der Waals surface area contributed by atoms with Crippen molar-refractivity contribution in [2.45, 2.75) is 6.92 Å². The molecule has 1 heterocycles. The van der Waals surface area contributed by atoms with Crippen molar-refractivity contribution in [2.24, 2.45) is 0 Å². The average molecular weight is 385 g/mol. The normalized spacial score (nSPS) is 10.7. The van der Waals surface area contributed by atoms with Gasteiger partial charge in [0.15, 0.2) is 22.9 Å². The van der Waals surface area contributed by atoms with E-state index in [1.54, 1.807) is 43.5 Å². The molecular formula is C24H19NO4. The highest BCUT2D eigenvalue weighted by Crippen LogP contribution is 2.29. The third-order valence-electron chi connectivity index (χ3n) is 4.66. The van der Waals surface area contributed by atoms with Crippen molar-refractivity contribution in [2.75, 3.05) is 12.4 Å². The number of benzene rings is 3. The molecule has 5 heteroatoms. The number of methoxy groups -OCH3 is 1. The number of ketones is 1. The molecule has 0 radical (unpaired) electrons. The average Bonchev–Trinajstić information content (AvgIpc) is 3.19. The van der Waals surface area contributed by atoms with Crippen LogP contribution in [0.1, 0.15) is 32.0 Å². The van der Waals surface area contributed by atoms with E-state index in [2.05, 4.69) is 5.32 Å². The van der Waals surface area contributed by atoms with Gasteiger partial charge in [0.2, 0.25) is 0 Å². The molecule has 1 aromatic heterocycles. The van der Waals surface area contributed by atoms with Crippen molar-refractivity contribution < 1.29 is 18.7 Å². The summed E-state index contributed by atoms with van der Waals surface area (Å²) in [6.07, 6.45) is 0. The minimum atomic E-state index is -0.436. The summed E-state index contributed by atoms with van der Waals surface area (Å²) in [5.41, 5.74) is 2.85. The molecule has 4 aromatic rings. The van der Waals surface area contributed by atoms with Crippen molar-refractivity contribution >= 4 is 28.3 Å². The van der Waals surface area contributed by atoms with Crippen LogP contribution in [0.2, 0.25) is 0 Å². The van der Waals surface area contributed by atoms with Crippen LogP contribution in [0.3, 0.4) is 0 Å². The summed E-state index contributed by atoms with van der Waals surface area (Å²) in [6.45, 7) is 1.90. The zero-order valence-electron chi connectivity index (χ0n) is 16.1. The quantitative estimate of drug-likeness (QED) is 0.478. The van der Waals surface area contributed by atoms with Crippen molar-refractivity contribution in [1.29, 1.82) is 0 Å². The molecule has 0 unspecified atom stereocenters. The van der Waals surface area contributed by atoms with E-state index >= 15 is 0 Å². The molecule has 3 aromatic carbocycles. The molecule has 0 saturated carbocycles. The number of nitrogens with one attached hydrogen (secondary N) is 1. The van der Waals surface area contributed by atoms with Crippen LogP contribution in [-0.4, -0.2) is 18.8 Å². The third-order valence-corrected chi connectivity index (χ3v) is 4.66. The fourth-order valence-electron chi connectivity index (χ4n) is 3.19. The molecule has 1 amide bonds. The first-order valence-corrected chi connectivity index (χ1v) is 9.15. The number of anilines is 1. The molecule has 29 heavy (non-hydrogen) atoms. The summed E-state index contributed by atoms with van der Waals surface area (Å²) in [5, 5.41) is 3.57. The second-order valence-electron chi connectivity index (χ2n) is 6.69. The fourth-order valence-corrected chi connectivity index (χ4v) is 3.19. The number of amides is 1. The third kappa shape index (κ3) is 3.62. The summed E-state index contributed by atoms with van der Waals surface area (Å²) in [4.78, 5) is 25.8. The number of carbonyl (C=O) groups is 2. The van der Waals surface area contributed by atoms with Crippen LogP contribution in [0, 0.1) is 6.92 Å². The molecule has 144 valence electrons. The first-order chi connectivity index (χ1) is 14.1. The minimum absolute atomic E-state index is 0.142. The molecule has 0 aliphatic heterocycles. The van der Waals surface area contributed by atoms with E-state index in [0.29, 0.717) is 28.1 Å². The van der Waals surface area contributed by atoms with Gasteiger partial charge in [-0.1, -0.05) is 54.1 Å². The van der Waals surface area contributed by atoms with Gasteiger partial charge < -0.3 is 14.5 Å².